The van der Waals surface area contributed by atoms with Crippen LogP contribution >= 0.6 is 0 Å². The molecule has 5 heterocycles. The third-order valence-corrected chi connectivity index (χ3v) is 6.49. The number of nitrogens with one attached hydrogen (secondary N) is 1. The van der Waals surface area contributed by atoms with Gasteiger partial charge in [0.15, 0.2) is 15.7 Å². The van der Waals surface area contributed by atoms with Crippen LogP contribution in [0, 0.1) is 17.2 Å². The van der Waals surface area contributed by atoms with Gasteiger partial charge < -0.3 is 29.2 Å². The number of aromatic nitrogens is 5. The molecule has 2 saturated heterocycles. The van der Waals surface area contributed by atoms with Crippen molar-refractivity contribution in [2.45, 2.75) is 50.5 Å². The van der Waals surface area contributed by atoms with Crippen molar-refractivity contribution in [2.24, 2.45) is 5.92 Å². The van der Waals surface area contributed by atoms with Crippen molar-refractivity contribution in [1.82, 2.24) is 24.3 Å². The Morgan fingerprint density at radius 1 is 1.34 bits per heavy atom. The number of aliphatic hydroxyl groups is 1. The Morgan fingerprint density at radius 3 is 2.77 bits per heavy atom. The van der Waals surface area contributed by atoms with E-state index in [0.717, 1.165) is 11.8 Å². The van der Waals surface area contributed by atoms with E-state index in [0.29, 0.717) is 48.7 Å². The molecule has 0 bridgehead atoms. The SMILES string of the molecule is BC(B)(O)n1cc(Nc2ncc3cc(C#N)n([C@H]4COCC4C)c3n2)c(OC2COC(C)(C)C2)n1. The van der Waals surface area contributed by atoms with E-state index in [9.17, 15) is 10.4 Å². The standard InChI is InChI=1S/C22H29B2N7O4/c1-12-9-33-11-17(12)31-14(6-25)4-13-7-26-20(28-18(13)31)27-16-8-30(22(23,24)32)29-19(16)35-15-5-21(2,3)34-10-15/h4,7-8,12,15,17,32H,5,9-11,23-24H2,1-3H3,(H,26,27,28)/t12?,15?,17-/m0/s1. The largest absolute Gasteiger partial charge is 0.469 e. The molecule has 182 valence electrons. The molecule has 5 rings (SSSR count). The van der Waals surface area contributed by atoms with Gasteiger partial charge in [0.1, 0.15) is 29.2 Å². The second-order valence-electron chi connectivity index (χ2n) is 10.5. The van der Waals surface area contributed by atoms with Crippen LogP contribution in [0.5, 0.6) is 5.88 Å². The number of nitrogens with zero attached hydrogens (tertiary/aromatic N) is 6. The molecule has 3 aromatic rings. The number of anilines is 2. The molecule has 2 N–H and O–H groups in total. The quantitative estimate of drug-likeness (QED) is 0.479. The predicted octanol–water partition coefficient (Wildman–Crippen LogP) is 0.223. The van der Waals surface area contributed by atoms with Gasteiger partial charge in [-0.05, 0) is 19.9 Å². The van der Waals surface area contributed by atoms with Gasteiger partial charge in [0.2, 0.25) is 5.95 Å². The molecule has 2 aliphatic rings. The van der Waals surface area contributed by atoms with Crippen LogP contribution in [0.1, 0.15) is 38.9 Å². The fourth-order valence-corrected chi connectivity index (χ4v) is 4.62. The molecule has 0 spiro atoms. The van der Waals surface area contributed by atoms with Crippen molar-refractivity contribution >= 4 is 38.4 Å². The number of rotatable bonds is 6. The molecule has 2 unspecified atom stereocenters. The smallest absolute Gasteiger partial charge is 0.257 e. The summed E-state index contributed by atoms with van der Waals surface area (Å²) >= 11 is 0. The molecule has 0 aliphatic carbocycles. The van der Waals surface area contributed by atoms with Crippen molar-refractivity contribution in [3.8, 4) is 11.9 Å². The van der Waals surface area contributed by atoms with E-state index >= 15 is 0 Å². The fourth-order valence-electron chi connectivity index (χ4n) is 4.62. The molecule has 13 heteroatoms. The van der Waals surface area contributed by atoms with E-state index in [1.165, 1.54) is 4.68 Å². The first-order valence-corrected chi connectivity index (χ1v) is 11.8. The highest BCUT2D eigenvalue weighted by atomic mass is 16.6. The molecule has 11 nitrogen and oxygen atoms in total. The first kappa shape index (κ1) is 23.7. The third kappa shape index (κ3) is 4.61. The highest BCUT2D eigenvalue weighted by Crippen LogP contribution is 2.34. The number of nitriles is 1. The van der Waals surface area contributed by atoms with Gasteiger partial charge in [-0.2, -0.15) is 10.2 Å². The van der Waals surface area contributed by atoms with E-state index in [4.69, 9.17) is 19.2 Å². The Balaban J connectivity index is 1.49. The summed E-state index contributed by atoms with van der Waals surface area (Å²) in [4.78, 5) is 9.19. The monoisotopic (exact) mass is 477 g/mol. The van der Waals surface area contributed by atoms with Crippen LogP contribution in [0.25, 0.3) is 11.0 Å². The molecule has 3 aromatic heterocycles. The molecule has 3 atom stereocenters. The Bertz CT molecular complexity index is 1290. The summed E-state index contributed by atoms with van der Waals surface area (Å²) in [7, 11) is 3.28. The zero-order valence-electron chi connectivity index (χ0n) is 20.6. The number of fused-ring (bicyclic) bond motifs is 1. The fraction of sp³-hybridized carbons (Fsp3) is 0.545. The lowest BCUT2D eigenvalue weighted by Crippen LogP contribution is -2.34. The van der Waals surface area contributed by atoms with E-state index in [1.807, 2.05) is 18.4 Å². The van der Waals surface area contributed by atoms with E-state index in [1.54, 1.807) is 34.2 Å². The molecule has 0 aromatic carbocycles. The number of ether oxygens (including phenoxy) is 3. The minimum Gasteiger partial charge on any atom is -0.469 e. The molecule has 0 radical (unpaired) electrons. The first-order valence-electron chi connectivity index (χ1n) is 11.8. The summed E-state index contributed by atoms with van der Waals surface area (Å²) < 4.78 is 21.0. The Labute approximate surface area is 205 Å². The van der Waals surface area contributed by atoms with E-state index in [-0.39, 0.29) is 23.7 Å². The van der Waals surface area contributed by atoms with Gasteiger partial charge in [-0.1, -0.05) is 6.92 Å². The molecule has 35 heavy (non-hydrogen) atoms. The van der Waals surface area contributed by atoms with Crippen molar-refractivity contribution in [2.75, 3.05) is 25.1 Å². The summed E-state index contributed by atoms with van der Waals surface area (Å²) in [5.41, 5.74) is 0.202. The lowest BCUT2D eigenvalue weighted by atomic mass is 9.73. The predicted molar refractivity (Wildman–Crippen MR) is 133 cm³/mol. The third-order valence-electron chi connectivity index (χ3n) is 6.49. The van der Waals surface area contributed by atoms with Crippen LogP contribution in [0.4, 0.5) is 11.6 Å². The lowest BCUT2D eigenvalue weighted by molar-refractivity contribution is 0.0317. The van der Waals surface area contributed by atoms with Gasteiger partial charge in [-0.15, -0.1) is 5.10 Å². The van der Waals surface area contributed by atoms with Gasteiger partial charge in [0, 0.05) is 23.9 Å². The Hall–Kier alpha value is -3.07. The summed E-state index contributed by atoms with van der Waals surface area (Å²) in [5, 5.41) is 28.7. The zero-order valence-corrected chi connectivity index (χ0v) is 20.6. The summed E-state index contributed by atoms with van der Waals surface area (Å²) in [5.74, 6) is 0.913. The molecular formula is C22H29B2N7O4. The van der Waals surface area contributed by atoms with Crippen molar-refractivity contribution < 1.29 is 19.3 Å². The number of hydrogen-bond acceptors (Lipinski definition) is 9. The molecular weight excluding hydrogens is 448 g/mol. The first-order chi connectivity index (χ1) is 16.5. The van der Waals surface area contributed by atoms with E-state index < -0.39 is 5.52 Å². The highest BCUT2D eigenvalue weighted by Gasteiger charge is 2.35. The lowest BCUT2D eigenvalue weighted by Gasteiger charge is -2.18. The van der Waals surface area contributed by atoms with Gasteiger partial charge in [-0.3, -0.25) is 4.68 Å². The topological polar surface area (TPSA) is 132 Å². The maximum atomic E-state index is 10.5. The Kier molecular flexibility index (Phi) is 5.78. The minimum atomic E-state index is -1.23. The van der Waals surface area contributed by atoms with Crippen LogP contribution in [0.15, 0.2) is 18.5 Å². The highest BCUT2D eigenvalue weighted by molar-refractivity contribution is 6.36. The summed E-state index contributed by atoms with van der Waals surface area (Å²) in [6.45, 7) is 7.78. The minimum absolute atomic E-state index is 0.0208. The molecule has 2 aliphatic heterocycles. The summed E-state index contributed by atoms with van der Waals surface area (Å²) in [6, 6.07) is 4.09. The van der Waals surface area contributed by atoms with Crippen LogP contribution in [0.2, 0.25) is 0 Å². The molecule has 0 saturated carbocycles. The van der Waals surface area contributed by atoms with Gasteiger partial charge in [0.25, 0.3) is 5.88 Å². The van der Waals surface area contributed by atoms with Crippen molar-refractivity contribution in [3.05, 3.63) is 24.2 Å². The summed E-state index contributed by atoms with van der Waals surface area (Å²) in [6.07, 6.45) is 3.90. The normalized spacial score (nSPS) is 24.0. The second kappa shape index (κ2) is 8.55. The Morgan fingerprint density at radius 2 is 2.14 bits per heavy atom. The second-order valence-corrected chi connectivity index (χ2v) is 10.5. The van der Waals surface area contributed by atoms with Crippen LogP contribution in [-0.4, -0.2) is 76.6 Å². The van der Waals surface area contributed by atoms with E-state index in [2.05, 4.69) is 28.4 Å². The average molecular weight is 477 g/mol. The molecule has 0 amide bonds. The van der Waals surface area contributed by atoms with Crippen LogP contribution < -0.4 is 10.1 Å². The van der Waals surface area contributed by atoms with Gasteiger partial charge in [-0.25, -0.2) is 4.98 Å². The van der Waals surface area contributed by atoms with Gasteiger partial charge >= 0.3 is 0 Å². The van der Waals surface area contributed by atoms with Crippen molar-refractivity contribution in [3.63, 3.8) is 0 Å². The van der Waals surface area contributed by atoms with Gasteiger partial charge in [0.05, 0.1) is 43.2 Å². The molecule has 2 fully saturated rings. The van der Waals surface area contributed by atoms with Crippen LogP contribution in [-0.2, 0) is 15.0 Å². The van der Waals surface area contributed by atoms with Crippen LogP contribution in [0.3, 0.4) is 0 Å². The average Bonchev–Trinajstić information content (AvgIpc) is 3.54. The number of hydrogen-bond donors (Lipinski definition) is 2. The van der Waals surface area contributed by atoms with Crippen molar-refractivity contribution in [1.29, 1.82) is 5.26 Å². The maximum absolute atomic E-state index is 10.5. The zero-order chi connectivity index (χ0) is 25.0. The maximum Gasteiger partial charge on any atom is 0.257 e.